The van der Waals surface area contributed by atoms with Crippen LogP contribution in [0.2, 0.25) is 0 Å². The predicted octanol–water partition coefficient (Wildman–Crippen LogP) is 2.43. The van der Waals surface area contributed by atoms with Crippen LogP contribution < -0.4 is 4.72 Å². The van der Waals surface area contributed by atoms with Gasteiger partial charge in [0.1, 0.15) is 6.26 Å². The van der Waals surface area contributed by atoms with Gasteiger partial charge in [0.25, 0.3) is 10.0 Å². The highest BCUT2D eigenvalue weighted by atomic mass is 32.2. The summed E-state index contributed by atoms with van der Waals surface area (Å²) in [5, 5.41) is 4.18. The Morgan fingerprint density at radius 1 is 1.21 bits per heavy atom. The van der Waals surface area contributed by atoms with Gasteiger partial charge in [0.2, 0.25) is 5.89 Å². The van der Waals surface area contributed by atoms with Crippen molar-refractivity contribution in [3.8, 4) is 11.5 Å². The highest BCUT2D eigenvalue weighted by Crippen LogP contribution is 2.18. The second-order valence-corrected chi connectivity index (χ2v) is 6.94. The molecule has 0 spiro atoms. The van der Waals surface area contributed by atoms with Crippen molar-refractivity contribution >= 4 is 10.0 Å². The molecule has 126 valence electrons. The molecule has 2 heterocycles. The average Bonchev–Trinajstić information content (AvgIpc) is 3.24. The van der Waals surface area contributed by atoms with E-state index in [1.807, 2.05) is 37.3 Å². The molecule has 0 bridgehead atoms. The van der Waals surface area contributed by atoms with Crippen molar-refractivity contribution in [1.82, 2.24) is 19.5 Å². The van der Waals surface area contributed by atoms with Crippen molar-refractivity contribution in [2.24, 2.45) is 0 Å². The molecule has 0 aliphatic rings. The number of nitrogens with one attached hydrogen (secondary N) is 1. The van der Waals surface area contributed by atoms with Crippen LogP contribution in [0.25, 0.3) is 11.5 Å². The van der Waals surface area contributed by atoms with Gasteiger partial charge in [-0.2, -0.15) is 5.10 Å². The van der Waals surface area contributed by atoms with E-state index in [-0.39, 0.29) is 11.6 Å². The molecule has 0 aliphatic carbocycles. The predicted molar refractivity (Wildman–Crippen MR) is 88.5 cm³/mol. The van der Waals surface area contributed by atoms with Gasteiger partial charge in [-0.3, -0.25) is 4.68 Å². The van der Waals surface area contributed by atoms with Crippen LogP contribution in [0.15, 0.2) is 58.3 Å². The minimum absolute atomic E-state index is 0.0516. The summed E-state index contributed by atoms with van der Waals surface area (Å²) >= 11 is 0. The van der Waals surface area contributed by atoms with Crippen LogP contribution in [-0.4, -0.2) is 23.2 Å². The maximum Gasteiger partial charge on any atom is 0.258 e. The first-order valence-corrected chi connectivity index (χ1v) is 9.10. The second-order valence-electron chi connectivity index (χ2n) is 5.23. The Morgan fingerprint density at radius 2 is 2.00 bits per heavy atom. The van der Waals surface area contributed by atoms with Gasteiger partial charge in [-0.25, -0.2) is 18.1 Å². The first-order chi connectivity index (χ1) is 11.6. The molecule has 3 rings (SSSR count). The molecule has 1 aromatic carbocycles. The number of oxazole rings is 1. The normalized spacial score (nSPS) is 11.7. The summed E-state index contributed by atoms with van der Waals surface area (Å²) in [5.74, 6) is 0.459. The van der Waals surface area contributed by atoms with Crippen LogP contribution in [0, 0.1) is 0 Å². The Hall–Kier alpha value is -2.45. The number of sulfonamides is 1. The van der Waals surface area contributed by atoms with E-state index < -0.39 is 10.0 Å². The molecular formula is C16H18N4O3S. The standard InChI is InChI=1S/C16H18N4O3S/c1-2-10-20-15(8-9-17-20)24(21,22)18-11-14-12-23-16(19-14)13-6-4-3-5-7-13/h3-9,12,18H,2,10-11H2,1H3. The number of aromatic nitrogens is 3. The van der Waals surface area contributed by atoms with Crippen molar-refractivity contribution in [2.75, 3.05) is 0 Å². The highest BCUT2D eigenvalue weighted by Gasteiger charge is 2.19. The van der Waals surface area contributed by atoms with Gasteiger partial charge in [0.05, 0.1) is 18.4 Å². The lowest BCUT2D eigenvalue weighted by Crippen LogP contribution is -2.26. The second kappa shape index (κ2) is 6.98. The molecule has 7 nitrogen and oxygen atoms in total. The lowest BCUT2D eigenvalue weighted by atomic mass is 10.2. The summed E-state index contributed by atoms with van der Waals surface area (Å²) < 4.78 is 34.2. The largest absolute Gasteiger partial charge is 0.444 e. The highest BCUT2D eigenvalue weighted by molar-refractivity contribution is 7.89. The molecule has 2 aromatic heterocycles. The van der Waals surface area contributed by atoms with Gasteiger partial charge in [-0.15, -0.1) is 0 Å². The fourth-order valence-electron chi connectivity index (χ4n) is 2.27. The van der Waals surface area contributed by atoms with E-state index in [1.54, 1.807) is 0 Å². The third-order valence-electron chi connectivity index (χ3n) is 3.40. The number of aryl methyl sites for hydroxylation is 1. The quantitative estimate of drug-likeness (QED) is 0.709. The number of nitrogens with zero attached hydrogens (tertiary/aromatic N) is 3. The molecule has 0 unspecified atom stereocenters. The molecule has 0 saturated heterocycles. The summed E-state index contributed by atoms with van der Waals surface area (Å²) in [6, 6.07) is 10.9. The van der Waals surface area contributed by atoms with Crippen LogP contribution in [0.5, 0.6) is 0 Å². The van der Waals surface area contributed by atoms with E-state index in [4.69, 9.17) is 4.42 Å². The third-order valence-corrected chi connectivity index (χ3v) is 4.83. The number of rotatable bonds is 7. The number of hydrogen-bond acceptors (Lipinski definition) is 5. The van der Waals surface area contributed by atoms with Gasteiger partial charge in [0, 0.05) is 12.1 Å². The fraction of sp³-hybridized carbons (Fsp3) is 0.250. The van der Waals surface area contributed by atoms with E-state index in [0.717, 1.165) is 12.0 Å². The fourth-order valence-corrected chi connectivity index (χ4v) is 3.41. The van der Waals surface area contributed by atoms with Crippen molar-refractivity contribution in [3.05, 3.63) is 54.6 Å². The third kappa shape index (κ3) is 3.55. The van der Waals surface area contributed by atoms with E-state index in [2.05, 4.69) is 14.8 Å². The van der Waals surface area contributed by atoms with E-state index in [0.29, 0.717) is 18.1 Å². The van der Waals surface area contributed by atoms with Gasteiger partial charge in [-0.05, 0) is 24.6 Å². The van der Waals surface area contributed by atoms with Crippen LogP contribution >= 0.6 is 0 Å². The maximum absolute atomic E-state index is 12.4. The minimum atomic E-state index is -3.65. The van der Waals surface area contributed by atoms with E-state index in [9.17, 15) is 8.42 Å². The maximum atomic E-state index is 12.4. The van der Waals surface area contributed by atoms with Crippen LogP contribution in [0.1, 0.15) is 19.0 Å². The Labute approximate surface area is 140 Å². The molecule has 0 aliphatic heterocycles. The van der Waals surface area contributed by atoms with Crippen molar-refractivity contribution in [3.63, 3.8) is 0 Å². The zero-order valence-electron chi connectivity index (χ0n) is 13.2. The van der Waals surface area contributed by atoms with Crippen LogP contribution in [-0.2, 0) is 23.1 Å². The topological polar surface area (TPSA) is 90.0 Å². The number of hydrogen-bond donors (Lipinski definition) is 1. The summed E-state index contributed by atoms with van der Waals surface area (Å²) in [5.41, 5.74) is 1.35. The zero-order valence-corrected chi connectivity index (χ0v) is 14.0. The molecule has 0 fully saturated rings. The molecule has 0 atom stereocenters. The molecule has 0 radical (unpaired) electrons. The Kier molecular flexibility index (Phi) is 4.77. The molecule has 0 saturated carbocycles. The SMILES string of the molecule is CCCn1nccc1S(=O)(=O)NCc1coc(-c2ccccc2)n1. The van der Waals surface area contributed by atoms with E-state index >= 15 is 0 Å². The lowest BCUT2D eigenvalue weighted by Gasteiger charge is -2.07. The lowest BCUT2D eigenvalue weighted by molar-refractivity contribution is 0.523. The van der Waals surface area contributed by atoms with Crippen molar-refractivity contribution < 1.29 is 12.8 Å². The molecule has 1 N–H and O–H groups in total. The zero-order chi connectivity index (χ0) is 17.0. The Morgan fingerprint density at radius 3 is 2.75 bits per heavy atom. The Balaban J connectivity index is 1.71. The first-order valence-electron chi connectivity index (χ1n) is 7.61. The van der Waals surface area contributed by atoms with E-state index in [1.165, 1.54) is 23.2 Å². The molecule has 8 heteroatoms. The monoisotopic (exact) mass is 346 g/mol. The van der Waals surface area contributed by atoms with Gasteiger partial charge in [-0.1, -0.05) is 25.1 Å². The molecule has 0 amide bonds. The molecular weight excluding hydrogens is 328 g/mol. The summed E-state index contributed by atoms with van der Waals surface area (Å²) in [6.45, 7) is 2.56. The summed E-state index contributed by atoms with van der Waals surface area (Å²) in [4.78, 5) is 4.31. The average molecular weight is 346 g/mol. The van der Waals surface area contributed by atoms with Gasteiger partial charge < -0.3 is 4.42 Å². The minimum Gasteiger partial charge on any atom is -0.444 e. The van der Waals surface area contributed by atoms with Crippen molar-refractivity contribution in [1.29, 1.82) is 0 Å². The van der Waals surface area contributed by atoms with Gasteiger partial charge in [0.15, 0.2) is 5.03 Å². The van der Waals surface area contributed by atoms with Crippen LogP contribution in [0.4, 0.5) is 0 Å². The molecule has 24 heavy (non-hydrogen) atoms. The summed E-state index contributed by atoms with van der Waals surface area (Å²) in [7, 11) is -3.65. The summed E-state index contributed by atoms with van der Waals surface area (Å²) in [6.07, 6.45) is 3.73. The van der Waals surface area contributed by atoms with Crippen LogP contribution in [0.3, 0.4) is 0 Å². The Bertz CT molecular complexity index is 900. The van der Waals surface area contributed by atoms with Gasteiger partial charge >= 0.3 is 0 Å². The van der Waals surface area contributed by atoms with Crippen molar-refractivity contribution in [2.45, 2.75) is 31.5 Å². The smallest absolute Gasteiger partial charge is 0.258 e. The molecule has 3 aromatic rings. The first kappa shape index (κ1) is 16.4. The number of benzene rings is 1.